The normalized spacial score (nSPS) is 15.1. The van der Waals surface area contributed by atoms with Crippen LogP contribution < -0.4 is 14.4 Å². The van der Waals surface area contributed by atoms with Crippen molar-refractivity contribution in [2.24, 2.45) is 0 Å². The highest BCUT2D eigenvalue weighted by Crippen LogP contribution is 2.40. The number of nitrogens with zero attached hydrogens (tertiary/aromatic N) is 1. The topological polar surface area (TPSA) is 55.8 Å². The molecule has 0 bridgehead atoms. The summed E-state index contributed by atoms with van der Waals surface area (Å²) >= 11 is 9.19. The Hall–Kier alpha value is -1.97. The Labute approximate surface area is 191 Å². The zero-order valence-electron chi connectivity index (χ0n) is 15.5. The number of carbonyl (C=O) groups is 2. The van der Waals surface area contributed by atoms with Gasteiger partial charge in [0.2, 0.25) is 0 Å². The van der Waals surface area contributed by atoms with Crippen LogP contribution in [-0.4, -0.2) is 24.4 Å². The van der Waals surface area contributed by atoms with E-state index in [2.05, 4.69) is 29.2 Å². The molecule has 0 aliphatic carbocycles. The largest absolute Gasteiger partial charge is 0.490 e. The molecule has 1 heterocycles. The maximum atomic E-state index is 12.9. The van der Waals surface area contributed by atoms with Crippen molar-refractivity contribution in [1.82, 2.24) is 0 Å². The van der Waals surface area contributed by atoms with Crippen LogP contribution >= 0.6 is 46.0 Å². The first-order valence-corrected chi connectivity index (χ1v) is 11.0. The second-order valence-corrected chi connectivity index (χ2v) is 8.39. The lowest BCUT2D eigenvalue weighted by Crippen LogP contribution is -2.27. The van der Waals surface area contributed by atoms with Crippen molar-refractivity contribution < 1.29 is 19.1 Å². The molecule has 2 amide bonds. The summed E-state index contributed by atoms with van der Waals surface area (Å²) in [6, 6.07) is 10.4. The molecule has 8 heteroatoms. The Morgan fingerprint density at radius 2 is 2.00 bits per heavy atom. The van der Waals surface area contributed by atoms with Gasteiger partial charge in [0, 0.05) is 0 Å². The van der Waals surface area contributed by atoms with Gasteiger partial charge >= 0.3 is 0 Å². The molecule has 0 spiro atoms. The van der Waals surface area contributed by atoms with Crippen LogP contribution in [0.3, 0.4) is 0 Å². The summed E-state index contributed by atoms with van der Waals surface area (Å²) in [5.74, 6) is 0.777. The number of rotatable bonds is 7. The monoisotopic (exact) mass is 541 g/mol. The number of hydrogen-bond donors (Lipinski definition) is 0. The first-order chi connectivity index (χ1) is 14.0. The van der Waals surface area contributed by atoms with Gasteiger partial charge in [-0.25, -0.2) is 4.90 Å². The summed E-state index contributed by atoms with van der Waals surface area (Å²) in [4.78, 5) is 26.7. The molecule has 1 fully saturated rings. The van der Waals surface area contributed by atoms with Crippen molar-refractivity contribution in [3.05, 3.63) is 68.1 Å². The number of para-hydroxylation sites is 1. The van der Waals surface area contributed by atoms with E-state index >= 15 is 0 Å². The lowest BCUT2D eigenvalue weighted by molar-refractivity contribution is -0.113. The first-order valence-electron chi connectivity index (χ1n) is 8.68. The van der Waals surface area contributed by atoms with Crippen LogP contribution in [-0.2, 0) is 4.79 Å². The molecular weight excluding hydrogens is 525 g/mol. The minimum atomic E-state index is -0.409. The van der Waals surface area contributed by atoms with Crippen molar-refractivity contribution in [2.45, 2.75) is 6.92 Å². The van der Waals surface area contributed by atoms with Gasteiger partial charge in [0.25, 0.3) is 11.1 Å². The number of ether oxygens (including phenoxy) is 2. The predicted molar refractivity (Wildman–Crippen MR) is 126 cm³/mol. The zero-order valence-corrected chi connectivity index (χ0v) is 19.2. The average Bonchev–Trinajstić information content (AvgIpc) is 2.95. The molecule has 2 aromatic carbocycles. The van der Waals surface area contributed by atoms with E-state index in [4.69, 9.17) is 21.1 Å². The number of halogens is 2. The fourth-order valence-corrected chi connectivity index (χ4v) is 4.51. The van der Waals surface area contributed by atoms with E-state index in [1.807, 2.05) is 13.0 Å². The van der Waals surface area contributed by atoms with Gasteiger partial charge in [0.15, 0.2) is 11.5 Å². The number of carbonyl (C=O) groups excluding carboxylic acids is 2. The molecule has 0 aromatic heterocycles. The van der Waals surface area contributed by atoms with Crippen LogP contribution in [0, 0.1) is 3.57 Å². The summed E-state index contributed by atoms with van der Waals surface area (Å²) in [6.07, 6.45) is 3.33. The quantitative estimate of drug-likeness (QED) is 0.239. The van der Waals surface area contributed by atoms with Gasteiger partial charge < -0.3 is 9.47 Å². The van der Waals surface area contributed by atoms with Crippen molar-refractivity contribution in [1.29, 1.82) is 0 Å². The third kappa shape index (κ3) is 4.79. The van der Waals surface area contributed by atoms with Crippen molar-refractivity contribution in [2.75, 3.05) is 18.1 Å². The summed E-state index contributed by atoms with van der Waals surface area (Å²) < 4.78 is 12.2. The fourth-order valence-electron chi connectivity index (χ4n) is 2.68. The number of hydrogen-bond acceptors (Lipinski definition) is 5. The van der Waals surface area contributed by atoms with Gasteiger partial charge in [-0.3, -0.25) is 9.59 Å². The van der Waals surface area contributed by atoms with Crippen LogP contribution in [0.5, 0.6) is 11.5 Å². The van der Waals surface area contributed by atoms with E-state index in [-0.39, 0.29) is 5.24 Å². The summed E-state index contributed by atoms with van der Waals surface area (Å²) in [7, 11) is 0. The SMILES string of the molecule is C=CCOc1c(I)cc(/C=C2\SC(=O)N(c3ccccc3Cl)C2=O)cc1OCC. The van der Waals surface area contributed by atoms with Crippen molar-refractivity contribution in [3.8, 4) is 11.5 Å². The Morgan fingerprint density at radius 1 is 1.24 bits per heavy atom. The van der Waals surface area contributed by atoms with E-state index in [1.54, 1.807) is 42.5 Å². The molecule has 0 N–H and O–H groups in total. The standard InChI is InChI=1S/C21H17ClINO4S/c1-3-9-28-19-15(23)10-13(11-17(19)27-4-2)12-18-20(25)24(21(26)29-18)16-8-6-5-7-14(16)22/h3,5-8,10-12H,1,4,9H2,2H3/b18-12-. The number of thioether (sulfide) groups is 1. The minimum Gasteiger partial charge on any atom is -0.490 e. The Kier molecular flexibility index (Phi) is 7.26. The van der Waals surface area contributed by atoms with Gasteiger partial charge in [-0.15, -0.1) is 0 Å². The number of amides is 2. The van der Waals surface area contributed by atoms with Crippen molar-refractivity contribution >= 4 is 68.9 Å². The Bertz CT molecular complexity index is 1010. The average molecular weight is 542 g/mol. The van der Waals surface area contributed by atoms with Crippen LogP contribution in [0.1, 0.15) is 12.5 Å². The molecule has 0 radical (unpaired) electrons. The first kappa shape index (κ1) is 21.7. The van der Waals surface area contributed by atoms with Gasteiger partial charge in [-0.1, -0.05) is 36.4 Å². The minimum absolute atomic E-state index is 0.313. The zero-order chi connectivity index (χ0) is 21.0. The molecule has 1 aliphatic heterocycles. The number of imide groups is 1. The van der Waals surface area contributed by atoms with Crippen LogP contribution in [0.2, 0.25) is 5.02 Å². The van der Waals surface area contributed by atoms with E-state index in [0.717, 1.165) is 25.8 Å². The van der Waals surface area contributed by atoms with Crippen LogP contribution in [0.25, 0.3) is 6.08 Å². The molecule has 1 aliphatic rings. The second kappa shape index (κ2) is 9.69. The maximum Gasteiger partial charge on any atom is 0.298 e. The second-order valence-electron chi connectivity index (χ2n) is 5.83. The molecule has 0 atom stereocenters. The van der Waals surface area contributed by atoms with Gasteiger partial charge in [-0.05, 0) is 77.2 Å². The van der Waals surface area contributed by atoms with E-state index in [0.29, 0.717) is 40.3 Å². The summed E-state index contributed by atoms with van der Waals surface area (Å²) in [5.41, 5.74) is 1.10. The highest BCUT2D eigenvalue weighted by Gasteiger charge is 2.37. The summed E-state index contributed by atoms with van der Waals surface area (Å²) in [5, 5.41) is -0.0482. The smallest absolute Gasteiger partial charge is 0.298 e. The number of anilines is 1. The third-order valence-corrected chi connectivity index (χ3v) is 5.85. The third-order valence-electron chi connectivity index (χ3n) is 3.86. The van der Waals surface area contributed by atoms with Crippen LogP contribution in [0.15, 0.2) is 54.0 Å². The molecule has 5 nitrogen and oxygen atoms in total. The van der Waals surface area contributed by atoms with E-state index < -0.39 is 5.91 Å². The molecule has 2 aromatic rings. The maximum absolute atomic E-state index is 12.9. The fraction of sp³-hybridized carbons (Fsp3) is 0.143. The van der Waals surface area contributed by atoms with Gasteiger partial charge in [0.1, 0.15) is 6.61 Å². The van der Waals surface area contributed by atoms with Gasteiger partial charge in [0.05, 0.1) is 25.8 Å². The Balaban J connectivity index is 1.96. The molecule has 1 saturated heterocycles. The van der Waals surface area contributed by atoms with E-state index in [1.165, 1.54) is 0 Å². The van der Waals surface area contributed by atoms with Crippen molar-refractivity contribution in [3.63, 3.8) is 0 Å². The highest BCUT2D eigenvalue weighted by atomic mass is 127. The highest BCUT2D eigenvalue weighted by molar-refractivity contribution is 14.1. The molecular formula is C21H17ClINO4S. The molecule has 150 valence electrons. The molecule has 3 rings (SSSR count). The summed E-state index contributed by atoms with van der Waals surface area (Å²) in [6.45, 7) is 6.36. The van der Waals surface area contributed by atoms with Crippen LogP contribution in [0.4, 0.5) is 10.5 Å². The number of benzene rings is 2. The van der Waals surface area contributed by atoms with E-state index in [9.17, 15) is 9.59 Å². The Morgan fingerprint density at radius 3 is 2.69 bits per heavy atom. The lowest BCUT2D eigenvalue weighted by Gasteiger charge is -2.14. The molecule has 29 heavy (non-hydrogen) atoms. The van der Waals surface area contributed by atoms with Gasteiger partial charge in [-0.2, -0.15) is 0 Å². The molecule has 0 saturated carbocycles. The molecule has 0 unspecified atom stereocenters. The predicted octanol–water partition coefficient (Wildman–Crippen LogP) is 6.15. The lowest BCUT2D eigenvalue weighted by atomic mass is 10.1.